The largest absolute Gasteiger partial charge is 0.357 e. The van der Waals surface area contributed by atoms with E-state index in [9.17, 15) is 14.0 Å². The number of benzene rings is 2. The van der Waals surface area contributed by atoms with Crippen LogP contribution >= 0.6 is 11.8 Å². The molecule has 28 heavy (non-hydrogen) atoms. The highest BCUT2D eigenvalue weighted by Crippen LogP contribution is 2.16. The quantitative estimate of drug-likeness (QED) is 0.660. The number of hydrogen-bond donors (Lipinski definition) is 1. The summed E-state index contributed by atoms with van der Waals surface area (Å²) in [6, 6.07) is 15.7. The van der Waals surface area contributed by atoms with Gasteiger partial charge in [0.05, 0.1) is 5.75 Å². The van der Waals surface area contributed by atoms with Gasteiger partial charge in [0.25, 0.3) is 0 Å². The molecule has 150 valence electrons. The van der Waals surface area contributed by atoms with Gasteiger partial charge >= 0.3 is 0 Å². The van der Waals surface area contributed by atoms with Crippen LogP contribution in [0.15, 0.2) is 54.6 Å². The van der Waals surface area contributed by atoms with Gasteiger partial charge in [0.1, 0.15) is 11.9 Å². The monoisotopic (exact) mass is 402 g/mol. The van der Waals surface area contributed by atoms with E-state index in [0.29, 0.717) is 25.1 Å². The van der Waals surface area contributed by atoms with Crippen molar-refractivity contribution in [3.05, 3.63) is 71.5 Å². The number of nitrogens with zero attached hydrogens (tertiary/aromatic N) is 1. The maximum Gasteiger partial charge on any atom is 0.242 e. The third-order valence-corrected chi connectivity index (χ3v) is 5.51. The summed E-state index contributed by atoms with van der Waals surface area (Å²) in [6.07, 6.45) is 1.26. The number of likely N-dealkylation sites (N-methyl/N-ethyl adjacent to an activating group) is 1. The second kappa shape index (κ2) is 11.5. The van der Waals surface area contributed by atoms with Crippen LogP contribution < -0.4 is 5.32 Å². The number of carbonyl (C=O) groups is 2. The van der Waals surface area contributed by atoms with Crippen molar-refractivity contribution in [2.24, 2.45) is 0 Å². The number of nitrogens with one attached hydrogen (secondary N) is 1. The molecule has 0 spiro atoms. The predicted molar refractivity (Wildman–Crippen MR) is 113 cm³/mol. The van der Waals surface area contributed by atoms with Crippen LogP contribution in [0.1, 0.15) is 24.5 Å². The topological polar surface area (TPSA) is 49.4 Å². The van der Waals surface area contributed by atoms with E-state index in [0.717, 1.165) is 11.1 Å². The molecule has 0 fully saturated rings. The summed E-state index contributed by atoms with van der Waals surface area (Å²) in [7, 11) is 1.59. The standard InChI is InChI=1S/C22H27FN2O2S/c1-3-20(22(27)24-2)25(14-13-17-7-5-4-6-8-17)21(26)16-28-15-18-9-11-19(23)12-10-18/h4-12,20H,3,13-16H2,1-2H3,(H,24,27). The Kier molecular flexibility index (Phi) is 9.01. The average molecular weight is 403 g/mol. The van der Waals surface area contributed by atoms with Crippen LogP contribution in [-0.4, -0.2) is 42.1 Å². The first kappa shape index (κ1) is 22.0. The van der Waals surface area contributed by atoms with Crippen molar-refractivity contribution >= 4 is 23.6 Å². The lowest BCUT2D eigenvalue weighted by Gasteiger charge is -2.30. The lowest BCUT2D eigenvalue weighted by molar-refractivity contribution is -0.138. The van der Waals surface area contributed by atoms with Crippen molar-refractivity contribution in [3.63, 3.8) is 0 Å². The first-order valence-corrected chi connectivity index (χ1v) is 10.6. The van der Waals surface area contributed by atoms with Gasteiger partial charge in [0, 0.05) is 19.3 Å². The Morgan fingerprint density at radius 1 is 1.07 bits per heavy atom. The van der Waals surface area contributed by atoms with E-state index >= 15 is 0 Å². The van der Waals surface area contributed by atoms with E-state index in [1.807, 2.05) is 37.3 Å². The van der Waals surface area contributed by atoms with E-state index in [1.54, 1.807) is 24.1 Å². The Bertz CT molecular complexity index is 753. The molecule has 1 N–H and O–H groups in total. The summed E-state index contributed by atoms with van der Waals surface area (Å²) >= 11 is 1.47. The van der Waals surface area contributed by atoms with Gasteiger partial charge in [0.15, 0.2) is 0 Å². The highest BCUT2D eigenvalue weighted by Gasteiger charge is 2.27. The van der Waals surface area contributed by atoms with Crippen LogP contribution in [0.25, 0.3) is 0 Å². The van der Waals surface area contributed by atoms with Crippen molar-refractivity contribution < 1.29 is 14.0 Å². The molecule has 1 atom stereocenters. The summed E-state index contributed by atoms with van der Waals surface area (Å²) in [5, 5.41) is 2.66. The fraction of sp³-hybridized carbons (Fsp3) is 0.364. The zero-order valence-corrected chi connectivity index (χ0v) is 17.2. The van der Waals surface area contributed by atoms with Crippen LogP contribution in [0.3, 0.4) is 0 Å². The summed E-state index contributed by atoms with van der Waals surface area (Å²) in [4.78, 5) is 26.9. The Hall–Kier alpha value is -2.34. The molecule has 0 aromatic heterocycles. The Labute approximate surface area is 170 Å². The maximum atomic E-state index is 13.0. The molecule has 0 saturated heterocycles. The van der Waals surface area contributed by atoms with Crippen molar-refractivity contribution in [1.29, 1.82) is 0 Å². The predicted octanol–water partition coefficient (Wildman–Crippen LogP) is 3.65. The third kappa shape index (κ3) is 6.68. The summed E-state index contributed by atoms with van der Waals surface area (Å²) in [5.74, 6) is 0.425. The highest BCUT2D eigenvalue weighted by molar-refractivity contribution is 7.99. The van der Waals surface area contributed by atoms with Crippen molar-refractivity contribution in [2.75, 3.05) is 19.3 Å². The van der Waals surface area contributed by atoms with E-state index < -0.39 is 6.04 Å². The van der Waals surface area contributed by atoms with Crippen LogP contribution in [0.4, 0.5) is 4.39 Å². The first-order chi connectivity index (χ1) is 13.5. The molecule has 0 bridgehead atoms. The van der Waals surface area contributed by atoms with Crippen LogP contribution in [0, 0.1) is 5.82 Å². The Balaban J connectivity index is 2.00. The normalized spacial score (nSPS) is 11.7. The molecule has 0 aliphatic rings. The van der Waals surface area contributed by atoms with Gasteiger partial charge in [-0.05, 0) is 36.1 Å². The van der Waals surface area contributed by atoms with Gasteiger partial charge < -0.3 is 10.2 Å². The molecule has 2 aromatic carbocycles. The molecule has 0 saturated carbocycles. The second-order valence-electron chi connectivity index (χ2n) is 6.48. The fourth-order valence-corrected chi connectivity index (χ4v) is 3.85. The van der Waals surface area contributed by atoms with Gasteiger partial charge in [-0.1, -0.05) is 49.4 Å². The van der Waals surface area contributed by atoms with Crippen LogP contribution in [-0.2, 0) is 21.8 Å². The SMILES string of the molecule is CCC(C(=O)NC)N(CCc1ccccc1)C(=O)CSCc1ccc(F)cc1. The minimum Gasteiger partial charge on any atom is -0.357 e. The van der Waals surface area contributed by atoms with Gasteiger partial charge in [-0.2, -0.15) is 0 Å². The molecule has 0 radical (unpaired) electrons. The number of thioether (sulfide) groups is 1. The van der Waals surface area contributed by atoms with E-state index in [-0.39, 0.29) is 23.4 Å². The van der Waals surface area contributed by atoms with Crippen molar-refractivity contribution in [3.8, 4) is 0 Å². The lowest BCUT2D eigenvalue weighted by atomic mass is 10.1. The molecule has 0 heterocycles. The van der Waals surface area contributed by atoms with Gasteiger partial charge in [0.2, 0.25) is 11.8 Å². The molecule has 6 heteroatoms. The second-order valence-corrected chi connectivity index (χ2v) is 7.47. The molecule has 2 amide bonds. The molecule has 4 nitrogen and oxygen atoms in total. The number of hydrogen-bond acceptors (Lipinski definition) is 3. The zero-order chi connectivity index (χ0) is 20.4. The Morgan fingerprint density at radius 3 is 2.36 bits per heavy atom. The summed E-state index contributed by atoms with van der Waals surface area (Å²) in [5.41, 5.74) is 2.10. The molecule has 2 aromatic rings. The number of halogens is 1. The third-order valence-electron chi connectivity index (χ3n) is 4.52. The number of amides is 2. The highest BCUT2D eigenvalue weighted by atomic mass is 32.2. The summed E-state index contributed by atoms with van der Waals surface area (Å²) < 4.78 is 13.0. The van der Waals surface area contributed by atoms with Gasteiger partial charge in [-0.3, -0.25) is 9.59 Å². The maximum absolute atomic E-state index is 13.0. The minimum absolute atomic E-state index is 0.0570. The fourth-order valence-electron chi connectivity index (χ4n) is 2.98. The molecule has 0 aliphatic carbocycles. The van der Waals surface area contributed by atoms with Gasteiger partial charge in [-0.25, -0.2) is 4.39 Å². The molecule has 1 unspecified atom stereocenters. The van der Waals surface area contributed by atoms with Crippen LogP contribution in [0.2, 0.25) is 0 Å². The van der Waals surface area contributed by atoms with Gasteiger partial charge in [-0.15, -0.1) is 11.8 Å². The summed E-state index contributed by atoms with van der Waals surface area (Å²) in [6.45, 7) is 2.40. The average Bonchev–Trinajstić information content (AvgIpc) is 2.72. The molecule has 0 aliphatic heterocycles. The smallest absolute Gasteiger partial charge is 0.242 e. The molecular weight excluding hydrogens is 375 g/mol. The minimum atomic E-state index is -0.479. The molecule has 2 rings (SSSR count). The van der Waals surface area contributed by atoms with E-state index in [4.69, 9.17) is 0 Å². The lowest BCUT2D eigenvalue weighted by Crippen LogP contribution is -2.50. The van der Waals surface area contributed by atoms with Crippen LogP contribution in [0.5, 0.6) is 0 Å². The zero-order valence-electron chi connectivity index (χ0n) is 16.4. The Morgan fingerprint density at radius 2 is 1.75 bits per heavy atom. The van der Waals surface area contributed by atoms with E-state index in [2.05, 4.69) is 5.32 Å². The number of rotatable bonds is 10. The molecular formula is C22H27FN2O2S. The number of carbonyl (C=O) groups excluding carboxylic acids is 2. The van der Waals surface area contributed by atoms with Crippen molar-refractivity contribution in [2.45, 2.75) is 31.6 Å². The van der Waals surface area contributed by atoms with E-state index in [1.165, 1.54) is 23.9 Å². The van der Waals surface area contributed by atoms with Crippen molar-refractivity contribution in [1.82, 2.24) is 10.2 Å². The first-order valence-electron chi connectivity index (χ1n) is 9.42.